The second-order valence-electron chi connectivity index (χ2n) is 4.84. The van der Waals surface area contributed by atoms with Gasteiger partial charge in [0.15, 0.2) is 0 Å². The third-order valence-corrected chi connectivity index (χ3v) is 3.42. The van der Waals surface area contributed by atoms with Gasteiger partial charge in [0.1, 0.15) is 24.1 Å². The number of aromatic nitrogens is 3. The smallest absolute Gasteiger partial charge is 0.241 e. The van der Waals surface area contributed by atoms with E-state index in [0.717, 1.165) is 22.2 Å². The minimum atomic E-state index is 0.155. The van der Waals surface area contributed by atoms with Crippen LogP contribution in [0.15, 0.2) is 42.9 Å². The third kappa shape index (κ3) is 2.79. The highest BCUT2D eigenvalue weighted by Crippen LogP contribution is 2.26. The fourth-order valence-corrected chi connectivity index (χ4v) is 2.39. The van der Waals surface area contributed by atoms with Crippen molar-refractivity contribution >= 4 is 11.0 Å². The number of benzene rings is 1. The molecule has 0 atom stereocenters. The van der Waals surface area contributed by atoms with Gasteiger partial charge >= 0.3 is 0 Å². The maximum atomic E-state index is 7.62. The fourth-order valence-electron chi connectivity index (χ4n) is 2.39. The lowest BCUT2D eigenvalue weighted by atomic mass is 10.2. The van der Waals surface area contributed by atoms with Gasteiger partial charge in [0.25, 0.3) is 0 Å². The molecular formula is C16H17N4O2. The van der Waals surface area contributed by atoms with Crippen molar-refractivity contribution in [2.75, 3.05) is 7.11 Å². The molecule has 2 heterocycles. The van der Waals surface area contributed by atoms with Crippen LogP contribution < -0.4 is 10.5 Å². The minimum absolute atomic E-state index is 0.155. The zero-order valence-corrected chi connectivity index (χ0v) is 12.3. The van der Waals surface area contributed by atoms with Gasteiger partial charge in [-0.05, 0) is 5.56 Å². The fraction of sp³-hybridized carbons (Fsp3) is 0.250. The van der Waals surface area contributed by atoms with Gasteiger partial charge in [-0.1, -0.05) is 30.3 Å². The van der Waals surface area contributed by atoms with Crippen LogP contribution in [0.2, 0.25) is 0 Å². The lowest BCUT2D eigenvalue weighted by Crippen LogP contribution is -2.03. The first kappa shape index (κ1) is 14.5. The van der Waals surface area contributed by atoms with Crippen LogP contribution in [0.1, 0.15) is 11.1 Å². The number of ether oxygens (including phenoxy) is 2. The molecule has 0 bridgehead atoms. The second-order valence-corrected chi connectivity index (χ2v) is 4.84. The predicted octanol–water partition coefficient (Wildman–Crippen LogP) is 2.40. The molecule has 0 fully saturated rings. The minimum Gasteiger partial charge on any atom is -0.479 e. The Morgan fingerprint density at radius 1 is 1.18 bits per heavy atom. The highest BCUT2D eigenvalue weighted by atomic mass is 16.5. The summed E-state index contributed by atoms with van der Waals surface area (Å²) in [4.78, 5) is 8.39. The summed E-state index contributed by atoms with van der Waals surface area (Å²) in [6.07, 6.45) is 3.33. The third-order valence-electron chi connectivity index (χ3n) is 3.42. The number of rotatable bonds is 6. The lowest BCUT2D eigenvalue weighted by Gasteiger charge is -2.08. The van der Waals surface area contributed by atoms with Gasteiger partial charge in [-0.15, -0.1) is 0 Å². The Balaban J connectivity index is 1.84. The molecule has 0 aliphatic carbocycles. The van der Waals surface area contributed by atoms with E-state index in [2.05, 4.69) is 9.97 Å². The van der Waals surface area contributed by atoms with Gasteiger partial charge in [0.05, 0.1) is 13.7 Å². The molecule has 113 valence electrons. The van der Waals surface area contributed by atoms with Crippen LogP contribution in [-0.4, -0.2) is 21.6 Å². The number of nitrogens with one attached hydrogen (secondary N) is 1. The van der Waals surface area contributed by atoms with Crippen LogP contribution >= 0.6 is 0 Å². The molecule has 1 radical (unpaired) electrons. The Hall–Kier alpha value is -2.44. The second kappa shape index (κ2) is 6.55. The van der Waals surface area contributed by atoms with Crippen LogP contribution in [-0.2, 0) is 24.6 Å². The van der Waals surface area contributed by atoms with Gasteiger partial charge in [-0.3, -0.25) is 5.73 Å². The average Bonchev–Trinajstić information content (AvgIpc) is 2.94. The summed E-state index contributed by atoms with van der Waals surface area (Å²) >= 11 is 0. The number of fused-ring (bicyclic) bond motifs is 1. The number of hydrogen-bond donors (Lipinski definition) is 0. The molecule has 22 heavy (non-hydrogen) atoms. The first-order valence-corrected chi connectivity index (χ1v) is 6.96. The molecule has 0 spiro atoms. The van der Waals surface area contributed by atoms with E-state index in [-0.39, 0.29) is 6.54 Å². The molecule has 1 aromatic carbocycles. The molecule has 0 aliphatic rings. The normalized spacial score (nSPS) is 11.0. The monoisotopic (exact) mass is 297 g/mol. The zero-order valence-electron chi connectivity index (χ0n) is 12.3. The Kier molecular flexibility index (Phi) is 4.32. The first-order valence-electron chi connectivity index (χ1n) is 6.96. The summed E-state index contributed by atoms with van der Waals surface area (Å²) < 4.78 is 13.0. The molecule has 3 aromatic rings. The van der Waals surface area contributed by atoms with Gasteiger partial charge in [0.2, 0.25) is 5.88 Å². The first-order chi connectivity index (χ1) is 10.8. The van der Waals surface area contributed by atoms with E-state index in [4.69, 9.17) is 15.2 Å². The number of hydrogen-bond acceptors (Lipinski definition) is 4. The van der Waals surface area contributed by atoms with Crippen molar-refractivity contribution in [1.29, 1.82) is 0 Å². The highest BCUT2D eigenvalue weighted by Gasteiger charge is 2.14. The summed E-state index contributed by atoms with van der Waals surface area (Å²) in [6.45, 7) is 1.03. The van der Waals surface area contributed by atoms with E-state index >= 15 is 0 Å². The molecule has 2 aromatic heterocycles. The molecular weight excluding hydrogens is 280 g/mol. The Bertz CT molecular complexity index is 755. The summed E-state index contributed by atoms with van der Waals surface area (Å²) in [5.74, 6) is 0.494. The van der Waals surface area contributed by atoms with Gasteiger partial charge in [-0.2, -0.15) is 4.98 Å². The molecule has 0 amide bonds. The van der Waals surface area contributed by atoms with E-state index < -0.39 is 0 Å². The van der Waals surface area contributed by atoms with Crippen molar-refractivity contribution in [2.45, 2.75) is 19.9 Å². The molecule has 1 N–H and O–H groups in total. The molecule has 0 saturated heterocycles. The van der Waals surface area contributed by atoms with E-state index in [0.29, 0.717) is 19.2 Å². The molecule has 0 unspecified atom stereocenters. The van der Waals surface area contributed by atoms with Crippen LogP contribution in [0.5, 0.6) is 5.88 Å². The summed E-state index contributed by atoms with van der Waals surface area (Å²) in [6, 6.07) is 9.99. The largest absolute Gasteiger partial charge is 0.479 e. The van der Waals surface area contributed by atoms with Gasteiger partial charge in [0, 0.05) is 18.3 Å². The molecule has 6 heteroatoms. The van der Waals surface area contributed by atoms with Crippen LogP contribution in [0, 0.1) is 0 Å². The highest BCUT2D eigenvalue weighted by molar-refractivity contribution is 5.83. The van der Waals surface area contributed by atoms with Crippen LogP contribution in [0.4, 0.5) is 0 Å². The van der Waals surface area contributed by atoms with E-state index in [1.807, 2.05) is 41.1 Å². The molecule has 3 rings (SSSR count). The van der Waals surface area contributed by atoms with Crippen molar-refractivity contribution in [3.8, 4) is 5.88 Å². The standard InChI is InChI=1S/C16H17N4O2/c1-21-16-15-14(18-10-19-16)13(7-17)8-20(15)11-22-9-12-5-3-2-4-6-12/h2-6,8,10,17H,7,9,11H2,1H3. The maximum absolute atomic E-state index is 7.62. The lowest BCUT2D eigenvalue weighted by molar-refractivity contribution is 0.0664. The van der Waals surface area contributed by atoms with Crippen LogP contribution in [0.25, 0.3) is 11.0 Å². The number of nitrogens with zero attached hydrogens (tertiary/aromatic N) is 3. The SMILES string of the molecule is COc1ncnc2c(C[NH])cn(COCc3ccccc3)c12. The summed E-state index contributed by atoms with van der Waals surface area (Å²) in [5.41, 5.74) is 11.1. The summed E-state index contributed by atoms with van der Waals surface area (Å²) in [7, 11) is 1.57. The average molecular weight is 297 g/mol. The maximum Gasteiger partial charge on any atom is 0.241 e. The quantitative estimate of drug-likeness (QED) is 0.700. The molecule has 0 aliphatic heterocycles. The Morgan fingerprint density at radius 2 is 2.00 bits per heavy atom. The Morgan fingerprint density at radius 3 is 2.73 bits per heavy atom. The van der Waals surface area contributed by atoms with Crippen molar-refractivity contribution in [3.63, 3.8) is 0 Å². The Labute approximate surface area is 128 Å². The van der Waals surface area contributed by atoms with Gasteiger partial charge < -0.3 is 14.0 Å². The molecule has 0 saturated carbocycles. The van der Waals surface area contributed by atoms with Crippen molar-refractivity contribution in [1.82, 2.24) is 20.3 Å². The van der Waals surface area contributed by atoms with Gasteiger partial charge in [-0.25, -0.2) is 4.98 Å². The summed E-state index contributed by atoms with van der Waals surface area (Å²) in [5, 5.41) is 0. The molecule has 6 nitrogen and oxygen atoms in total. The number of methoxy groups -OCH3 is 1. The topological polar surface area (TPSA) is 73.0 Å². The zero-order chi connectivity index (χ0) is 15.4. The van der Waals surface area contributed by atoms with Crippen molar-refractivity contribution in [3.05, 3.63) is 54.0 Å². The predicted molar refractivity (Wildman–Crippen MR) is 82.1 cm³/mol. The van der Waals surface area contributed by atoms with E-state index in [9.17, 15) is 0 Å². The van der Waals surface area contributed by atoms with Crippen LogP contribution in [0.3, 0.4) is 0 Å². The van der Waals surface area contributed by atoms with E-state index in [1.54, 1.807) is 7.11 Å². The van der Waals surface area contributed by atoms with E-state index in [1.165, 1.54) is 6.33 Å². The van der Waals surface area contributed by atoms with Crippen molar-refractivity contribution in [2.24, 2.45) is 0 Å². The van der Waals surface area contributed by atoms with Crippen molar-refractivity contribution < 1.29 is 9.47 Å².